The highest BCUT2D eigenvalue weighted by Gasteiger charge is 2.77. The SMILES string of the molecule is C=CCCC(=O)N(C)[C@H](C)[C@H](OC(=O)[C@H]1[C@@H]2O[C@@]3(CC2Br)[C@@H]1C(=O)N([C@@H](CC)CO)[C@@H]3C(=O)N(CC=C)Cc1ccccc1)c1ccccc1. The molecule has 3 heterocycles. The zero-order valence-electron chi connectivity index (χ0n) is 29.0. The Morgan fingerprint density at radius 1 is 1.12 bits per heavy atom. The maximum absolute atomic E-state index is 14.8. The van der Waals surface area contributed by atoms with E-state index in [1.54, 1.807) is 29.0 Å². The van der Waals surface area contributed by atoms with Crippen molar-refractivity contribution < 1.29 is 33.8 Å². The molecule has 10 nitrogen and oxygen atoms in total. The minimum Gasteiger partial charge on any atom is -0.455 e. The monoisotopic (exact) mass is 749 g/mol. The van der Waals surface area contributed by atoms with Gasteiger partial charge >= 0.3 is 5.97 Å². The Morgan fingerprint density at radius 3 is 2.38 bits per heavy atom. The Bertz CT molecular complexity index is 1550. The Balaban J connectivity index is 1.51. The number of likely N-dealkylation sites (tertiary alicyclic amines) is 1. The first kappa shape index (κ1) is 37.5. The molecular formula is C39H48BrN3O7. The number of hydrogen-bond acceptors (Lipinski definition) is 7. The van der Waals surface area contributed by atoms with Crippen molar-refractivity contribution in [2.45, 2.75) is 86.8 Å². The van der Waals surface area contributed by atoms with Gasteiger partial charge < -0.3 is 29.3 Å². The van der Waals surface area contributed by atoms with Crippen LogP contribution in [-0.4, -0.2) is 98.4 Å². The molecule has 3 aliphatic rings. The summed E-state index contributed by atoms with van der Waals surface area (Å²) in [5.41, 5.74) is 0.277. The fourth-order valence-electron chi connectivity index (χ4n) is 7.91. The Hall–Kier alpha value is -3.80. The number of fused-ring (bicyclic) bond motifs is 1. The van der Waals surface area contributed by atoms with Crippen LogP contribution in [0.5, 0.6) is 0 Å². The van der Waals surface area contributed by atoms with Crippen LogP contribution in [0.1, 0.15) is 56.8 Å². The Labute approximate surface area is 303 Å². The second-order valence-corrected chi connectivity index (χ2v) is 14.7. The molecule has 2 bridgehead atoms. The summed E-state index contributed by atoms with van der Waals surface area (Å²) in [6.45, 7) is 11.4. The third-order valence-corrected chi connectivity index (χ3v) is 11.4. The van der Waals surface area contributed by atoms with Gasteiger partial charge in [-0.1, -0.05) is 95.7 Å². The molecule has 50 heavy (non-hydrogen) atoms. The van der Waals surface area contributed by atoms with Crippen LogP contribution in [0.4, 0.5) is 0 Å². The summed E-state index contributed by atoms with van der Waals surface area (Å²) < 4.78 is 13.1. The number of aliphatic hydroxyl groups excluding tert-OH is 1. The maximum Gasteiger partial charge on any atom is 0.313 e. The van der Waals surface area contributed by atoms with E-state index in [4.69, 9.17) is 9.47 Å². The van der Waals surface area contributed by atoms with Crippen LogP contribution in [0, 0.1) is 11.8 Å². The van der Waals surface area contributed by atoms with Crippen molar-refractivity contribution in [2.24, 2.45) is 11.8 Å². The molecule has 0 aromatic heterocycles. The van der Waals surface area contributed by atoms with E-state index in [0.717, 1.165) is 5.56 Å². The molecule has 0 saturated carbocycles. The van der Waals surface area contributed by atoms with E-state index >= 15 is 0 Å². The first-order valence-electron chi connectivity index (χ1n) is 17.3. The number of esters is 1. The van der Waals surface area contributed by atoms with E-state index in [-0.39, 0.29) is 42.8 Å². The number of hydrogen-bond donors (Lipinski definition) is 1. The van der Waals surface area contributed by atoms with Crippen molar-refractivity contribution in [1.29, 1.82) is 0 Å². The largest absolute Gasteiger partial charge is 0.455 e. The number of ether oxygens (including phenoxy) is 2. The van der Waals surface area contributed by atoms with Gasteiger partial charge in [-0.15, -0.1) is 13.2 Å². The van der Waals surface area contributed by atoms with Gasteiger partial charge in [-0.3, -0.25) is 19.2 Å². The van der Waals surface area contributed by atoms with E-state index in [0.29, 0.717) is 24.8 Å². The van der Waals surface area contributed by atoms with Gasteiger partial charge in [-0.05, 0) is 37.3 Å². The lowest BCUT2D eigenvalue weighted by Gasteiger charge is -2.39. The number of aliphatic hydroxyl groups is 1. The second-order valence-electron chi connectivity index (χ2n) is 13.5. The number of benzene rings is 2. The van der Waals surface area contributed by atoms with E-state index in [1.165, 1.54) is 4.90 Å². The van der Waals surface area contributed by atoms with Gasteiger partial charge in [-0.25, -0.2) is 0 Å². The summed E-state index contributed by atoms with van der Waals surface area (Å²) >= 11 is 3.74. The first-order chi connectivity index (χ1) is 24.0. The van der Waals surface area contributed by atoms with Crippen LogP contribution < -0.4 is 0 Å². The minimum absolute atomic E-state index is 0.116. The van der Waals surface area contributed by atoms with Gasteiger partial charge in [0.2, 0.25) is 17.7 Å². The number of rotatable bonds is 16. The lowest BCUT2D eigenvalue weighted by Crippen LogP contribution is -2.58. The molecule has 3 fully saturated rings. The number of likely N-dealkylation sites (N-methyl/N-ethyl adjacent to an activating group) is 1. The predicted molar refractivity (Wildman–Crippen MR) is 193 cm³/mol. The molecule has 1 unspecified atom stereocenters. The summed E-state index contributed by atoms with van der Waals surface area (Å²) in [5.74, 6) is -3.53. The van der Waals surface area contributed by atoms with E-state index in [2.05, 4.69) is 29.1 Å². The fraction of sp³-hybridized carbons (Fsp3) is 0.487. The molecule has 11 heteroatoms. The second kappa shape index (κ2) is 16.0. The Morgan fingerprint density at radius 2 is 1.78 bits per heavy atom. The van der Waals surface area contributed by atoms with Crippen molar-refractivity contribution in [1.82, 2.24) is 14.7 Å². The van der Waals surface area contributed by atoms with Crippen molar-refractivity contribution in [3.63, 3.8) is 0 Å². The summed E-state index contributed by atoms with van der Waals surface area (Å²) in [6.07, 6.45) is 3.25. The standard InChI is InChI=1S/C39H48BrN3O7/c1-6-9-20-30(45)41(5)25(4)33(27-18-14-11-15-19-27)49-38(48)31-32-36(46)43(28(8-3)24-44)35(39(32)22-29(40)34(31)50-39)37(47)42(21-7-2)23-26-16-12-10-13-17-26/h6-7,10-19,25,28-29,31-35,44H,1-2,8-9,20-24H2,3-5H3/t25-,28+,29?,31-,32+,33+,34-,35-,39+/m1/s1. The van der Waals surface area contributed by atoms with Gasteiger partial charge in [0.25, 0.3) is 0 Å². The fourth-order valence-corrected chi connectivity index (χ4v) is 8.85. The molecule has 2 aromatic carbocycles. The van der Waals surface area contributed by atoms with Gasteiger partial charge in [0, 0.05) is 31.4 Å². The zero-order valence-corrected chi connectivity index (χ0v) is 30.6. The van der Waals surface area contributed by atoms with Crippen LogP contribution >= 0.6 is 15.9 Å². The highest BCUT2D eigenvalue weighted by Crippen LogP contribution is 2.61. The smallest absolute Gasteiger partial charge is 0.313 e. The highest BCUT2D eigenvalue weighted by molar-refractivity contribution is 9.09. The van der Waals surface area contributed by atoms with Crippen LogP contribution in [0.25, 0.3) is 0 Å². The van der Waals surface area contributed by atoms with E-state index < -0.39 is 59.6 Å². The number of carbonyl (C=O) groups excluding carboxylic acids is 4. The van der Waals surface area contributed by atoms with Crippen LogP contribution in [0.3, 0.4) is 0 Å². The van der Waals surface area contributed by atoms with Crippen LogP contribution in [0.2, 0.25) is 0 Å². The molecule has 2 aromatic rings. The molecule has 268 valence electrons. The maximum atomic E-state index is 14.8. The molecule has 3 amide bonds. The van der Waals surface area contributed by atoms with Gasteiger partial charge in [-0.2, -0.15) is 0 Å². The summed E-state index contributed by atoms with van der Waals surface area (Å²) in [7, 11) is 1.68. The summed E-state index contributed by atoms with van der Waals surface area (Å²) in [4.78, 5) is 61.3. The molecular weight excluding hydrogens is 702 g/mol. The molecule has 5 rings (SSSR count). The lowest BCUT2D eigenvalue weighted by atomic mass is 9.70. The third kappa shape index (κ3) is 6.92. The number of nitrogens with zero attached hydrogens (tertiary/aromatic N) is 3. The Kier molecular flexibility index (Phi) is 12.0. The molecule has 3 saturated heterocycles. The minimum atomic E-state index is -1.33. The average molecular weight is 751 g/mol. The first-order valence-corrected chi connectivity index (χ1v) is 18.3. The quantitative estimate of drug-likeness (QED) is 0.149. The third-order valence-electron chi connectivity index (χ3n) is 10.6. The van der Waals surface area contributed by atoms with Crippen molar-refractivity contribution in [3.8, 4) is 0 Å². The topological polar surface area (TPSA) is 117 Å². The summed E-state index contributed by atoms with van der Waals surface area (Å²) in [6, 6.07) is 16.5. The predicted octanol–water partition coefficient (Wildman–Crippen LogP) is 4.82. The number of halogens is 1. The van der Waals surface area contributed by atoms with Crippen molar-refractivity contribution in [2.75, 3.05) is 20.2 Å². The lowest BCUT2D eigenvalue weighted by molar-refractivity contribution is -0.165. The molecule has 0 radical (unpaired) electrons. The van der Waals surface area contributed by atoms with Gasteiger partial charge in [0.1, 0.15) is 17.7 Å². The van der Waals surface area contributed by atoms with Crippen LogP contribution in [-0.2, 0) is 35.2 Å². The average Bonchev–Trinajstić information content (AvgIpc) is 3.73. The van der Waals surface area contributed by atoms with Crippen molar-refractivity contribution >= 4 is 39.6 Å². The van der Waals surface area contributed by atoms with Crippen LogP contribution in [0.15, 0.2) is 86.0 Å². The zero-order chi connectivity index (χ0) is 36.2. The van der Waals surface area contributed by atoms with E-state index in [1.807, 2.05) is 74.5 Å². The normalized spacial score (nSPS) is 26.9. The molecule has 9 atom stereocenters. The molecule has 1 spiro atoms. The number of alkyl halides is 1. The number of amides is 3. The van der Waals surface area contributed by atoms with Gasteiger partial charge in [0.15, 0.2) is 0 Å². The molecule has 3 aliphatic heterocycles. The number of carbonyl (C=O) groups is 4. The summed E-state index contributed by atoms with van der Waals surface area (Å²) in [5, 5.41) is 10.5. The van der Waals surface area contributed by atoms with Gasteiger partial charge in [0.05, 0.1) is 36.6 Å². The highest BCUT2D eigenvalue weighted by atomic mass is 79.9. The molecule has 0 aliphatic carbocycles. The molecule has 1 N–H and O–H groups in total. The van der Waals surface area contributed by atoms with E-state index in [9.17, 15) is 24.3 Å². The number of allylic oxidation sites excluding steroid dienone is 1. The van der Waals surface area contributed by atoms with Crippen molar-refractivity contribution in [3.05, 3.63) is 97.1 Å².